The number of amides is 1. The molecule has 5 nitrogen and oxygen atoms in total. The highest BCUT2D eigenvalue weighted by atomic mass is 19.1. The van der Waals surface area contributed by atoms with Crippen LogP contribution in [-0.4, -0.2) is 41.1 Å². The van der Waals surface area contributed by atoms with E-state index in [1.165, 1.54) is 36.4 Å². The number of carbonyl (C=O) groups excluding carboxylic acids is 1. The lowest BCUT2D eigenvalue weighted by molar-refractivity contribution is 0.0267. The Labute approximate surface area is 151 Å². The summed E-state index contributed by atoms with van der Waals surface area (Å²) in [6.45, 7) is 1.55. The van der Waals surface area contributed by atoms with E-state index in [4.69, 9.17) is 9.84 Å². The monoisotopic (exact) mass is 357 g/mol. The van der Waals surface area contributed by atoms with Crippen molar-refractivity contribution in [2.75, 3.05) is 13.2 Å². The Morgan fingerprint density at radius 3 is 2.15 bits per heavy atom. The van der Waals surface area contributed by atoms with Crippen molar-refractivity contribution in [2.24, 2.45) is 0 Å². The van der Waals surface area contributed by atoms with Crippen molar-refractivity contribution in [3.8, 4) is 0 Å². The van der Waals surface area contributed by atoms with Gasteiger partial charge in [0.2, 0.25) is 0 Å². The second-order valence-electron chi connectivity index (χ2n) is 6.29. The zero-order valence-electron chi connectivity index (χ0n) is 14.2. The van der Waals surface area contributed by atoms with E-state index in [-0.39, 0.29) is 23.3 Å². The number of hydrogen-bond acceptors (Lipinski definition) is 3. The smallest absolute Gasteiger partial charge is 0.335 e. The van der Waals surface area contributed by atoms with Gasteiger partial charge in [0.1, 0.15) is 5.82 Å². The van der Waals surface area contributed by atoms with Crippen LogP contribution in [0.1, 0.15) is 39.1 Å². The average molecular weight is 357 g/mol. The summed E-state index contributed by atoms with van der Waals surface area (Å²) in [5.74, 6) is -1.52. The summed E-state index contributed by atoms with van der Waals surface area (Å²) in [4.78, 5) is 25.8. The number of carboxylic acid groups (broad SMARTS) is 1. The zero-order chi connectivity index (χ0) is 18.5. The largest absolute Gasteiger partial charge is 0.478 e. The molecule has 26 heavy (non-hydrogen) atoms. The van der Waals surface area contributed by atoms with Gasteiger partial charge in [-0.05, 0) is 54.8 Å². The van der Waals surface area contributed by atoms with Crippen LogP contribution in [0.3, 0.4) is 0 Å². The molecule has 0 saturated carbocycles. The Balaban J connectivity index is 1.84. The second-order valence-corrected chi connectivity index (χ2v) is 6.29. The minimum absolute atomic E-state index is 0.0282. The topological polar surface area (TPSA) is 66.8 Å². The summed E-state index contributed by atoms with van der Waals surface area (Å²) in [6.07, 6.45) is 1.47. The van der Waals surface area contributed by atoms with Gasteiger partial charge in [-0.3, -0.25) is 4.79 Å². The number of ether oxygens (including phenoxy) is 1. The van der Waals surface area contributed by atoms with Crippen molar-refractivity contribution in [1.29, 1.82) is 0 Å². The highest BCUT2D eigenvalue weighted by molar-refractivity contribution is 5.96. The van der Waals surface area contributed by atoms with Gasteiger partial charge in [0, 0.05) is 31.4 Å². The van der Waals surface area contributed by atoms with Gasteiger partial charge in [-0.25, -0.2) is 9.18 Å². The fourth-order valence-electron chi connectivity index (χ4n) is 3.07. The van der Waals surface area contributed by atoms with Crippen molar-refractivity contribution < 1.29 is 23.8 Å². The van der Waals surface area contributed by atoms with E-state index in [0.29, 0.717) is 25.3 Å². The van der Waals surface area contributed by atoms with Crippen molar-refractivity contribution >= 4 is 11.9 Å². The number of aromatic carboxylic acids is 1. The molecule has 2 aromatic carbocycles. The fraction of sp³-hybridized carbons (Fsp3) is 0.300. The molecule has 1 N–H and O–H groups in total. The van der Waals surface area contributed by atoms with Gasteiger partial charge in [0.15, 0.2) is 0 Å². The van der Waals surface area contributed by atoms with Crippen LogP contribution in [0.2, 0.25) is 0 Å². The van der Waals surface area contributed by atoms with E-state index < -0.39 is 5.97 Å². The highest BCUT2D eigenvalue weighted by Crippen LogP contribution is 2.21. The molecule has 1 heterocycles. The summed E-state index contributed by atoms with van der Waals surface area (Å²) in [6, 6.07) is 12.0. The highest BCUT2D eigenvalue weighted by Gasteiger charge is 2.27. The predicted molar refractivity (Wildman–Crippen MR) is 93.5 cm³/mol. The molecule has 1 aliphatic heterocycles. The average Bonchev–Trinajstić information content (AvgIpc) is 2.68. The molecular formula is C20H20FNO4. The second kappa shape index (κ2) is 8.10. The van der Waals surface area contributed by atoms with Crippen LogP contribution >= 0.6 is 0 Å². The molecule has 1 amide bonds. The molecule has 6 heteroatoms. The lowest BCUT2D eigenvalue weighted by Crippen LogP contribution is -2.43. The first kappa shape index (κ1) is 18.1. The van der Waals surface area contributed by atoms with Gasteiger partial charge in [-0.2, -0.15) is 0 Å². The maximum atomic E-state index is 13.2. The molecular weight excluding hydrogens is 337 g/mol. The summed E-state index contributed by atoms with van der Waals surface area (Å²) >= 11 is 0. The van der Waals surface area contributed by atoms with E-state index in [1.807, 2.05) is 0 Å². The van der Waals surface area contributed by atoms with Crippen molar-refractivity contribution in [1.82, 2.24) is 4.90 Å². The minimum atomic E-state index is -1.03. The molecule has 0 spiro atoms. The molecule has 1 fully saturated rings. The number of hydrogen-bond donors (Lipinski definition) is 1. The van der Waals surface area contributed by atoms with Crippen LogP contribution in [0, 0.1) is 5.82 Å². The van der Waals surface area contributed by atoms with E-state index in [0.717, 1.165) is 18.4 Å². The van der Waals surface area contributed by atoms with E-state index in [1.54, 1.807) is 17.0 Å². The number of halogens is 1. The SMILES string of the molecule is O=C(O)c1ccc(C(=O)N(Cc2ccc(F)cc2)C2CCOCC2)cc1. The summed E-state index contributed by atoms with van der Waals surface area (Å²) in [5, 5.41) is 9.00. The molecule has 2 aromatic rings. The maximum absolute atomic E-state index is 13.2. The quantitative estimate of drug-likeness (QED) is 0.891. The lowest BCUT2D eigenvalue weighted by Gasteiger charge is -2.34. The number of carboxylic acids is 1. The Hall–Kier alpha value is -2.73. The molecule has 0 unspecified atom stereocenters. The molecule has 0 aliphatic carbocycles. The van der Waals surface area contributed by atoms with Crippen LogP contribution < -0.4 is 0 Å². The van der Waals surface area contributed by atoms with Crippen molar-refractivity contribution in [2.45, 2.75) is 25.4 Å². The van der Waals surface area contributed by atoms with Crippen LogP contribution in [0.4, 0.5) is 4.39 Å². The first-order chi connectivity index (χ1) is 12.5. The lowest BCUT2D eigenvalue weighted by atomic mass is 10.0. The molecule has 0 radical (unpaired) electrons. The predicted octanol–water partition coefficient (Wildman–Crippen LogP) is 3.35. The Bertz CT molecular complexity index is 767. The van der Waals surface area contributed by atoms with Gasteiger partial charge >= 0.3 is 5.97 Å². The fourth-order valence-corrected chi connectivity index (χ4v) is 3.07. The van der Waals surface area contributed by atoms with E-state index in [2.05, 4.69) is 0 Å². The maximum Gasteiger partial charge on any atom is 0.335 e. The van der Waals surface area contributed by atoms with Gasteiger partial charge in [0.05, 0.1) is 5.56 Å². The van der Waals surface area contributed by atoms with Crippen LogP contribution in [0.5, 0.6) is 0 Å². The third-order valence-corrected chi connectivity index (χ3v) is 4.54. The molecule has 3 rings (SSSR count). The van der Waals surface area contributed by atoms with Crippen LogP contribution in [0.15, 0.2) is 48.5 Å². The molecule has 1 aliphatic rings. The minimum Gasteiger partial charge on any atom is -0.478 e. The van der Waals surface area contributed by atoms with Crippen LogP contribution in [-0.2, 0) is 11.3 Å². The van der Waals surface area contributed by atoms with Crippen molar-refractivity contribution in [3.63, 3.8) is 0 Å². The number of benzene rings is 2. The molecule has 136 valence electrons. The molecule has 0 atom stereocenters. The molecule has 1 saturated heterocycles. The summed E-state index contributed by atoms with van der Waals surface area (Å²) < 4.78 is 18.6. The third-order valence-electron chi connectivity index (χ3n) is 4.54. The zero-order valence-corrected chi connectivity index (χ0v) is 14.2. The van der Waals surface area contributed by atoms with Gasteiger partial charge in [-0.15, -0.1) is 0 Å². The Kier molecular flexibility index (Phi) is 5.63. The number of rotatable bonds is 5. The van der Waals surface area contributed by atoms with Gasteiger partial charge in [0.25, 0.3) is 5.91 Å². The van der Waals surface area contributed by atoms with Crippen LogP contribution in [0.25, 0.3) is 0 Å². The summed E-state index contributed by atoms with van der Waals surface area (Å²) in [7, 11) is 0. The van der Waals surface area contributed by atoms with E-state index in [9.17, 15) is 14.0 Å². The standard InChI is InChI=1S/C20H20FNO4/c21-17-7-1-14(2-8-17)13-22(18-9-11-26-12-10-18)19(23)15-3-5-16(6-4-15)20(24)25/h1-8,18H,9-13H2,(H,24,25). The Morgan fingerprint density at radius 2 is 1.58 bits per heavy atom. The van der Waals surface area contributed by atoms with Crippen molar-refractivity contribution in [3.05, 3.63) is 71.0 Å². The number of nitrogens with zero attached hydrogens (tertiary/aromatic N) is 1. The number of carbonyl (C=O) groups is 2. The first-order valence-corrected chi connectivity index (χ1v) is 8.51. The third kappa shape index (κ3) is 4.26. The van der Waals surface area contributed by atoms with Gasteiger partial charge < -0.3 is 14.7 Å². The molecule has 0 bridgehead atoms. The van der Waals surface area contributed by atoms with E-state index >= 15 is 0 Å². The summed E-state index contributed by atoms with van der Waals surface area (Å²) in [5.41, 5.74) is 1.41. The normalized spacial score (nSPS) is 14.8. The molecule has 0 aromatic heterocycles. The Morgan fingerprint density at radius 1 is 1.00 bits per heavy atom. The van der Waals surface area contributed by atoms with Gasteiger partial charge in [-0.1, -0.05) is 12.1 Å². The first-order valence-electron chi connectivity index (χ1n) is 8.51.